The first-order valence-corrected chi connectivity index (χ1v) is 16.1. The highest BCUT2D eigenvalue weighted by Crippen LogP contribution is 2.41. The van der Waals surface area contributed by atoms with Crippen LogP contribution in [0.15, 0.2) is 67.0 Å². The van der Waals surface area contributed by atoms with E-state index >= 15 is 0 Å². The average Bonchev–Trinajstić information content (AvgIpc) is 3.52. The van der Waals surface area contributed by atoms with E-state index in [0.717, 1.165) is 61.4 Å². The Labute approximate surface area is 267 Å². The topological polar surface area (TPSA) is 78.6 Å². The molecule has 1 saturated heterocycles. The molecule has 1 atom stereocenters. The third-order valence-electron chi connectivity index (χ3n) is 9.49. The molecule has 1 aliphatic carbocycles. The minimum Gasteiger partial charge on any atom is -0.488 e. The van der Waals surface area contributed by atoms with Crippen molar-refractivity contribution in [2.24, 2.45) is 0 Å². The molecule has 4 aromatic rings. The maximum atomic E-state index is 9.85. The molecular weight excluding hydrogens is 558 g/mol. The summed E-state index contributed by atoms with van der Waals surface area (Å²) >= 11 is 0. The SMILES string of the molecule is Cc1c(COc2cc(OCc3cncc(C#N)c3)c(CN3CCC3CO)c3c2CCC3)cccc1-c1ccc(C(C)(C)C)cc1. The van der Waals surface area contributed by atoms with Gasteiger partial charge in [0.2, 0.25) is 0 Å². The lowest BCUT2D eigenvalue weighted by molar-refractivity contribution is 0.0346. The molecule has 6 nitrogen and oxygen atoms in total. The number of pyridine rings is 1. The first kappa shape index (κ1) is 30.8. The lowest BCUT2D eigenvalue weighted by Crippen LogP contribution is -2.49. The van der Waals surface area contributed by atoms with Crippen LogP contribution in [0.5, 0.6) is 11.5 Å². The highest BCUT2D eigenvalue weighted by atomic mass is 16.5. The van der Waals surface area contributed by atoms with Gasteiger partial charge in [-0.05, 0) is 83.0 Å². The monoisotopic (exact) mass is 601 g/mol. The molecule has 2 aliphatic rings. The molecule has 0 spiro atoms. The Hall–Kier alpha value is -4.18. The van der Waals surface area contributed by atoms with Crippen LogP contribution < -0.4 is 9.47 Å². The highest BCUT2D eigenvalue weighted by molar-refractivity contribution is 5.69. The highest BCUT2D eigenvalue weighted by Gasteiger charge is 2.31. The Balaban J connectivity index is 1.28. The molecule has 3 aromatic carbocycles. The minimum atomic E-state index is 0.120. The van der Waals surface area contributed by atoms with E-state index in [-0.39, 0.29) is 18.1 Å². The maximum absolute atomic E-state index is 9.85. The molecule has 1 aliphatic heterocycles. The van der Waals surface area contributed by atoms with Crippen LogP contribution in [-0.2, 0) is 38.0 Å². The number of ether oxygens (including phenoxy) is 2. The van der Waals surface area contributed by atoms with Crippen molar-refractivity contribution >= 4 is 0 Å². The van der Waals surface area contributed by atoms with E-state index in [1.165, 1.54) is 38.9 Å². The summed E-state index contributed by atoms with van der Waals surface area (Å²) < 4.78 is 13.1. The lowest BCUT2D eigenvalue weighted by Gasteiger charge is -2.40. The van der Waals surface area contributed by atoms with Crippen molar-refractivity contribution in [2.75, 3.05) is 13.2 Å². The van der Waals surface area contributed by atoms with E-state index in [1.807, 2.05) is 6.07 Å². The largest absolute Gasteiger partial charge is 0.488 e. The van der Waals surface area contributed by atoms with E-state index in [0.29, 0.717) is 18.8 Å². The molecule has 6 rings (SSSR count). The van der Waals surface area contributed by atoms with Gasteiger partial charge in [-0.25, -0.2) is 0 Å². The van der Waals surface area contributed by atoms with Gasteiger partial charge in [-0.1, -0.05) is 63.2 Å². The van der Waals surface area contributed by atoms with Crippen molar-refractivity contribution in [3.8, 4) is 28.7 Å². The summed E-state index contributed by atoms with van der Waals surface area (Å²) in [6.45, 7) is 11.6. The smallest absolute Gasteiger partial charge is 0.128 e. The Morgan fingerprint density at radius 1 is 0.978 bits per heavy atom. The quantitative estimate of drug-likeness (QED) is 0.204. The molecular formula is C39H43N3O3. The van der Waals surface area contributed by atoms with E-state index in [1.54, 1.807) is 12.4 Å². The van der Waals surface area contributed by atoms with Crippen LogP contribution in [0.1, 0.15) is 78.1 Å². The van der Waals surface area contributed by atoms with Crippen LogP contribution in [0.4, 0.5) is 0 Å². The fraction of sp³-hybridized carbons (Fsp3) is 0.385. The summed E-state index contributed by atoms with van der Waals surface area (Å²) in [5.74, 6) is 1.69. The first-order chi connectivity index (χ1) is 21.7. The number of aromatic nitrogens is 1. The van der Waals surface area contributed by atoms with Gasteiger partial charge in [0, 0.05) is 48.7 Å². The zero-order chi connectivity index (χ0) is 31.6. The summed E-state index contributed by atoms with van der Waals surface area (Å²) in [6.07, 6.45) is 7.37. The minimum absolute atomic E-state index is 0.120. The van der Waals surface area contributed by atoms with Crippen LogP contribution in [0.25, 0.3) is 11.1 Å². The Morgan fingerprint density at radius 2 is 1.76 bits per heavy atom. The predicted octanol–water partition coefficient (Wildman–Crippen LogP) is 7.44. The summed E-state index contributed by atoms with van der Waals surface area (Å²) in [6, 6.07) is 21.6. The first-order valence-electron chi connectivity index (χ1n) is 16.1. The van der Waals surface area contributed by atoms with Crippen molar-refractivity contribution < 1.29 is 14.6 Å². The lowest BCUT2D eigenvalue weighted by atomic mass is 9.86. The van der Waals surface area contributed by atoms with E-state index in [9.17, 15) is 10.4 Å². The third-order valence-corrected chi connectivity index (χ3v) is 9.49. The van der Waals surface area contributed by atoms with Gasteiger partial charge >= 0.3 is 0 Å². The fourth-order valence-corrected chi connectivity index (χ4v) is 6.58. The number of fused-ring (bicyclic) bond motifs is 1. The maximum Gasteiger partial charge on any atom is 0.128 e. The molecule has 45 heavy (non-hydrogen) atoms. The Kier molecular flexibility index (Phi) is 8.94. The molecule has 6 heteroatoms. The van der Waals surface area contributed by atoms with Crippen LogP contribution in [0.3, 0.4) is 0 Å². The van der Waals surface area contributed by atoms with Gasteiger partial charge in [0.25, 0.3) is 0 Å². The second kappa shape index (κ2) is 13.0. The van der Waals surface area contributed by atoms with Gasteiger partial charge in [-0.15, -0.1) is 0 Å². The van der Waals surface area contributed by atoms with Crippen LogP contribution in [0.2, 0.25) is 0 Å². The predicted molar refractivity (Wildman–Crippen MR) is 177 cm³/mol. The van der Waals surface area contributed by atoms with Gasteiger partial charge < -0.3 is 14.6 Å². The second-order valence-electron chi connectivity index (χ2n) is 13.4. The van der Waals surface area contributed by atoms with E-state index in [4.69, 9.17) is 9.47 Å². The molecule has 0 bridgehead atoms. The van der Waals surface area contributed by atoms with Gasteiger partial charge in [-0.2, -0.15) is 5.26 Å². The molecule has 1 aromatic heterocycles. The van der Waals surface area contributed by atoms with Crippen molar-refractivity contribution in [1.29, 1.82) is 5.26 Å². The zero-order valence-electron chi connectivity index (χ0n) is 26.9. The Bertz CT molecular complexity index is 1710. The summed E-state index contributed by atoms with van der Waals surface area (Å²) in [4.78, 5) is 6.54. The molecule has 1 N–H and O–H groups in total. The number of hydrogen-bond acceptors (Lipinski definition) is 6. The van der Waals surface area contributed by atoms with Crippen molar-refractivity contribution in [2.45, 2.75) is 84.6 Å². The normalized spacial score (nSPS) is 16.1. The Morgan fingerprint density at radius 3 is 2.47 bits per heavy atom. The summed E-state index contributed by atoms with van der Waals surface area (Å²) in [5, 5.41) is 19.2. The van der Waals surface area contributed by atoms with Crippen molar-refractivity contribution in [3.05, 3.63) is 111 Å². The number of aliphatic hydroxyl groups excluding tert-OH is 1. The van der Waals surface area contributed by atoms with Crippen LogP contribution >= 0.6 is 0 Å². The second-order valence-corrected chi connectivity index (χ2v) is 13.4. The van der Waals surface area contributed by atoms with Crippen molar-refractivity contribution in [3.63, 3.8) is 0 Å². The number of hydrogen-bond donors (Lipinski definition) is 1. The average molecular weight is 602 g/mol. The molecule has 1 unspecified atom stereocenters. The molecule has 2 heterocycles. The number of benzene rings is 3. The number of nitrogens with zero attached hydrogens (tertiary/aromatic N) is 3. The fourth-order valence-electron chi connectivity index (χ4n) is 6.58. The van der Waals surface area contributed by atoms with Gasteiger partial charge in [-0.3, -0.25) is 9.88 Å². The van der Waals surface area contributed by atoms with Crippen molar-refractivity contribution in [1.82, 2.24) is 9.88 Å². The van der Waals surface area contributed by atoms with Crippen LogP contribution in [-0.4, -0.2) is 34.2 Å². The molecule has 0 radical (unpaired) electrons. The number of aliphatic hydroxyl groups is 1. The van der Waals surface area contributed by atoms with Gasteiger partial charge in [0.15, 0.2) is 0 Å². The molecule has 1 fully saturated rings. The number of likely N-dealkylation sites (tertiary alicyclic amines) is 1. The zero-order valence-corrected chi connectivity index (χ0v) is 26.9. The molecule has 0 saturated carbocycles. The standard InChI is InChI=1S/C39H43N3O3/c1-26-30(7-5-8-33(26)29-11-13-31(14-12-29)39(2,3)4)25-45-37-18-38(44-24-28-17-27(19-40)20-41-21-28)36(34-9-6-10-35(34)37)22-42-16-15-32(42)23-43/h5,7-8,11-14,17-18,20-21,32,43H,6,9-10,15-16,22-25H2,1-4H3. The summed E-state index contributed by atoms with van der Waals surface area (Å²) in [5.41, 5.74) is 11.4. The summed E-state index contributed by atoms with van der Waals surface area (Å²) in [7, 11) is 0. The van der Waals surface area contributed by atoms with Crippen LogP contribution in [0, 0.1) is 18.3 Å². The van der Waals surface area contributed by atoms with Gasteiger partial charge in [0.1, 0.15) is 30.8 Å². The number of nitriles is 1. The van der Waals surface area contributed by atoms with E-state index < -0.39 is 0 Å². The van der Waals surface area contributed by atoms with E-state index in [2.05, 4.69) is 92.2 Å². The third kappa shape index (κ3) is 6.61. The van der Waals surface area contributed by atoms with Gasteiger partial charge in [0.05, 0.1) is 12.2 Å². The number of rotatable bonds is 10. The molecule has 232 valence electrons. The molecule has 0 amide bonds.